The topological polar surface area (TPSA) is 54.9 Å². The van der Waals surface area contributed by atoms with Crippen molar-refractivity contribution < 1.29 is 4.79 Å². The molecule has 142 valence electrons. The van der Waals surface area contributed by atoms with Gasteiger partial charge in [0.15, 0.2) is 0 Å². The van der Waals surface area contributed by atoms with Gasteiger partial charge < -0.3 is 5.32 Å². The molecule has 4 nitrogen and oxygen atoms in total. The minimum atomic E-state index is -0.638. The Balaban J connectivity index is 1.65. The van der Waals surface area contributed by atoms with Gasteiger partial charge in [-0.2, -0.15) is 0 Å². The number of carbonyl (C=O) groups excluding carboxylic acids is 1. The second kappa shape index (κ2) is 5.63. The van der Waals surface area contributed by atoms with E-state index in [4.69, 9.17) is 9.97 Å². The van der Waals surface area contributed by atoms with Gasteiger partial charge in [0.25, 0.3) is 0 Å². The molecule has 2 bridgehead atoms. The van der Waals surface area contributed by atoms with Crippen LogP contribution >= 0.6 is 0 Å². The van der Waals surface area contributed by atoms with Crippen molar-refractivity contribution in [3.63, 3.8) is 0 Å². The van der Waals surface area contributed by atoms with Gasteiger partial charge in [0.05, 0.1) is 27.8 Å². The Morgan fingerprint density at radius 2 is 1.79 bits per heavy atom. The Hall–Kier alpha value is -2.75. The standard InChI is InChI=1S/C24H25N3O/c1-14-9-10-17(15(2)13-14)27-22(28)24-12-11-16(23(24,3)4)20-21(24)26-19-8-6-5-7-18(19)25-20/h5-10,13,16H,11-12H2,1-4H3,(H,27,28). The number of benzene rings is 2. The summed E-state index contributed by atoms with van der Waals surface area (Å²) in [5.41, 5.74) is 5.99. The molecule has 0 radical (unpaired) electrons. The summed E-state index contributed by atoms with van der Waals surface area (Å²) in [4.78, 5) is 23.7. The van der Waals surface area contributed by atoms with Crippen LogP contribution < -0.4 is 5.32 Å². The highest BCUT2D eigenvalue weighted by Gasteiger charge is 2.67. The van der Waals surface area contributed by atoms with Crippen molar-refractivity contribution in [3.8, 4) is 0 Å². The number of para-hydroxylation sites is 2. The molecular formula is C24H25N3O. The van der Waals surface area contributed by atoms with Crippen LogP contribution in [0.4, 0.5) is 5.69 Å². The van der Waals surface area contributed by atoms with Crippen molar-refractivity contribution in [1.29, 1.82) is 0 Å². The number of hydrogen-bond donors (Lipinski definition) is 1. The number of carbonyl (C=O) groups is 1. The van der Waals surface area contributed by atoms with Crippen LogP contribution in [0.15, 0.2) is 42.5 Å². The molecule has 28 heavy (non-hydrogen) atoms. The number of anilines is 1. The Morgan fingerprint density at radius 3 is 2.50 bits per heavy atom. The van der Waals surface area contributed by atoms with Crippen molar-refractivity contribution in [1.82, 2.24) is 9.97 Å². The Morgan fingerprint density at radius 1 is 1.07 bits per heavy atom. The molecule has 2 unspecified atom stereocenters. The minimum Gasteiger partial charge on any atom is -0.325 e. The van der Waals surface area contributed by atoms with E-state index >= 15 is 0 Å². The van der Waals surface area contributed by atoms with Gasteiger partial charge in [-0.05, 0) is 55.9 Å². The van der Waals surface area contributed by atoms with Gasteiger partial charge >= 0.3 is 0 Å². The van der Waals surface area contributed by atoms with E-state index in [-0.39, 0.29) is 17.2 Å². The number of nitrogens with one attached hydrogen (secondary N) is 1. The van der Waals surface area contributed by atoms with E-state index < -0.39 is 5.41 Å². The first kappa shape index (κ1) is 17.4. The first-order chi connectivity index (χ1) is 13.3. The molecule has 2 atom stereocenters. The monoisotopic (exact) mass is 371 g/mol. The highest BCUT2D eigenvalue weighted by molar-refractivity contribution is 6.02. The zero-order valence-corrected chi connectivity index (χ0v) is 16.8. The Labute approximate surface area is 165 Å². The number of rotatable bonds is 2. The van der Waals surface area contributed by atoms with Gasteiger partial charge in [0.2, 0.25) is 5.91 Å². The van der Waals surface area contributed by atoms with E-state index in [1.54, 1.807) is 0 Å². The first-order valence-electron chi connectivity index (χ1n) is 10.0. The fraction of sp³-hybridized carbons (Fsp3) is 0.375. The van der Waals surface area contributed by atoms with Crippen molar-refractivity contribution in [3.05, 3.63) is 65.0 Å². The van der Waals surface area contributed by atoms with Gasteiger partial charge in [-0.3, -0.25) is 4.79 Å². The smallest absolute Gasteiger partial charge is 0.237 e. The summed E-state index contributed by atoms with van der Waals surface area (Å²) in [5, 5.41) is 3.24. The predicted octanol–water partition coefficient (Wildman–Crippen LogP) is 5.04. The summed E-state index contributed by atoms with van der Waals surface area (Å²) in [6.07, 6.45) is 1.80. The van der Waals surface area contributed by atoms with Gasteiger partial charge in [-0.25, -0.2) is 9.97 Å². The van der Waals surface area contributed by atoms with Crippen LogP contribution in [0.2, 0.25) is 0 Å². The molecule has 1 N–H and O–H groups in total. The van der Waals surface area contributed by atoms with E-state index in [1.807, 2.05) is 43.3 Å². The van der Waals surface area contributed by atoms with Crippen molar-refractivity contribution in [2.24, 2.45) is 5.41 Å². The molecule has 0 saturated heterocycles. The third kappa shape index (κ3) is 2.09. The molecule has 1 saturated carbocycles. The molecule has 0 spiro atoms. The lowest BCUT2D eigenvalue weighted by Crippen LogP contribution is -2.46. The summed E-state index contributed by atoms with van der Waals surface area (Å²) < 4.78 is 0. The normalized spacial score (nSPS) is 24.4. The van der Waals surface area contributed by atoms with E-state index in [9.17, 15) is 4.79 Å². The average Bonchev–Trinajstić information content (AvgIpc) is 3.04. The number of aryl methyl sites for hydroxylation is 2. The maximum Gasteiger partial charge on any atom is 0.237 e. The second-order valence-electron chi connectivity index (χ2n) is 8.94. The molecule has 4 heteroatoms. The van der Waals surface area contributed by atoms with Crippen LogP contribution in [0.25, 0.3) is 11.0 Å². The lowest BCUT2D eigenvalue weighted by Gasteiger charge is -2.36. The third-order valence-corrected chi connectivity index (χ3v) is 7.13. The van der Waals surface area contributed by atoms with Crippen LogP contribution in [0.1, 0.15) is 55.1 Å². The van der Waals surface area contributed by atoms with Crippen LogP contribution in [0, 0.1) is 19.3 Å². The second-order valence-corrected chi connectivity index (χ2v) is 8.94. The zero-order chi connectivity index (χ0) is 19.7. The average molecular weight is 371 g/mol. The van der Waals surface area contributed by atoms with Gasteiger partial charge in [-0.15, -0.1) is 0 Å². The van der Waals surface area contributed by atoms with E-state index in [0.717, 1.165) is 46.5 Å². The van der Waals surface area contributed by atoms with Gasteiger partial charge in [0.1, 0.15) is 0 Å². The number of aromatic nitrogens is 2. The van der Waals surface area contributed by atoms with Crippen LogP contribution in [0.5, 0.6) is 0 Å². The van der Waals surface area contributed by atoms with E-state index in [2.05, 4.69) is 32.2 Å². The van der Waals surface area contributed by atoms with E-state index in [0.29, 0.717) is 0 Å². The van der Waals surface area contributed by atoms with Crippen molar-refractivity contribution >= 4 is 22.6 Å². The summed E-state index contributed by atoms with van der Waals surface area (Å²) in [6, 6.07) is 14.1. The fourth-order valence-electron chi connectivity index (χ4n) is 5.51. The molecule has 1 amide bonds. The Bertz CT molecular complexity index is 1130. The summed E-state index contributed by atoms with van der Waals surface area (Å²) in [7, 11) is 0. The molecule has 2 aromatic carbocycles. The summed E-state index contributed by atoms with van der Waals surface area (Å²) in [6.45, 7) is 8.52. The molecule has 1 aromatic heterocycles. The maximum atomic E-state index is 13.8. The molecule has 2 aliphatic carbocycles. The molecule has 1 heterocycles. The molecule has 3 aromatic rings. The zero-order valence-electron chi connectivity index (χ0n) is 16.8. The molecule has 0 aliphatic heterocycles. The fourth-order valence-corrected chi connectivity index (χ4v) is 5.51. The van der Waals surface area contributed by atoms with Crippen LogP contribution in [-0.4, -0.2) is 15.9 Å². The van der Waals surface area contributed by atoms with Crippen LogP contribution in [-0.2, 0) is 10.2 Å². The minimum absolute atomic E-state index is 0.0512. The number of amides is 1. The third-order valence-electron chi connectivity index (χ3n) is 7.13. The number of nitrogens with zero attached hydrogens (tertiary/aromatic N) is 2. The largest absolute Gasteiger partial charge is 0.325 e. The summed E-state index contributed by atoms with van der Waals surface area (Å²) in [5.74, 6) is 0.319. The van der Waals surface area contributed by atoms with Gasteiger partial charge in [0, 0.05) is 11.6 Å². The van der Waals surface area contributed by atoms with Gasteiger partial charge in [-0.1, -0.05) is 43.7 Å². The maximum absolute atomic E-state index is 13.8. The molecular weight excluding hydrogens is 346 g/mol. The molecule has 1 fully saturated rings. The van der Waals surface area contributed by atoms with E-state index in [1.165, 1.54) is 5.56 Å². The highest BCUT2D eigenvalue weighted by Crippen LogP contribution is 2.67. The number of fused-ring (bicyclic) bond motifs is 6. The lowest BCUT2D eigenvalue weighted by molar-refractivity contribution is -0.124. The SMILES string of the molecule is Cc1ccc(NC(=O)C23CCC(c4nc5ccccc5nc42)C3(C)C)c(C)c1. The van der Waals surface area contributed by atoms with Crippen molar-refractivity contribution in [2.75, 3.05) is 5.32 Å². The van der Waals surface area contributed by atoms with Crippen LogP contribution in [0.3, 0.4) is 0 Å². The van der Waals surface area contributed by atoms with Crippen molar-refractivity contribution in [2.45, 2.75) is 51.9 Å². The predicted molar refractivity (Wildman–Crippen MR) is 112 cm³/mol. The quantitative estimate of drug-likeness (QED) is 0.686. The highest BCUT2D eigenvalue weighted by atomic mass is 16.2. The molecule has 5 rings (SSSR count). The molecule has 2 aliphatic rings. The summed E-state index contributed by atoms with van der Waals surface area (Å²) >= 11 is 0. The number of hydrogen-bond acceptors (Lipinski definition) is 3. The Kier molecular flexibility index (Phi) is 3.49. The lowest BCUT2D eigenvalue weighted by atomic mass is 9.67. The first-order valence-corrected chi connectivity index (χ1v) is 10.0.